The Morgan fingerprint density at radius 1 is 1.33 bits per heavy atom. The first kappa shape index (κ1) is 11.7. The Morgan fingerprint density at radius 3 is 2.53 bits per heavy atom. The number of hydrogen-bond donors (Lipinski definition) is 2. The maximum absolute atomic E-state index is 5.78. The number of nitrogen functional groups attached to an aromatic ring is 1. The molecule has 0 aromatic heterocycles. The predicted octanol–water partition coefficient (Wildman–Crippen LogP) is 2.88. The molecule has 3 nitrogen and oxygen atoms in total. The molecule has 0 heterocycles. The van der Waals surface area contributed by atoms with Gasteiger partial charge in [-0.1, -0.05) is 6.92 Å². The Kier molecular flexibility index (Phi) is 3.45. The summed E-state index contributed by atoms with van der Waals surface area (Å²) in [5.74, 6) is 0.782. The van der Waals surface area contributed by atoms with Gasteiger partial charge in [-0.25, -0.2) is 0 Å². The van der Waals surface area contributed by atoms with Gasteiger partial charge >= 0.3 is 0 Å². The Bertz CT molecular complexity index is 334. The number of hydrogen-bond acceptors (Lipinski definition) is 3. The minimum atomic E-state index is 0.0683. The second-order valence-electron chi connectivity index (χ2n) is 4.36. The van der Waals surface area contributed by atoms with Gasteiger partial charge in [-0.3, -0.25) is 0 Å². The lowest BCUT2D eigenvalue weighted by molar-refractivity contribution is 0.415. The minimum Gasteiger partial charge on any atom is -0.497 e. The molecule has 15 heavy (non-hydrogen) atoms. The largest absolute Gasteiger partial charge is 0.497 e. The highest BCUT2D eigenvalue weighted by Gasteiger charge is 2.14. The highest BCUT2D eigenvalue weighted by Crippen LogP contribution is 2.25. The molecule has 0 aliphatic carbocycles. The van der Waals surface area contributed by atoms with Crippen molar-refractivity contribution >= 4 is 11.4 Å². The number of methoxy groups -OCH3 is 1. The number of anilines is 2. The first-order valence-electron chi connectivity index (χ1n) is 5.19. The maximum atomic E-state index is 5.78. The molecule has 0 amide bonds. The normalized spacial score (nSPS) is 11.2. The number of rotatable bonds is 4. The van der Waals surface area contributed by atoms with Gasteiger partial charge in [-0.05, 0) is 26.3 Å². The van der Waals surface area contributed by atoms with E-state index in [1.165, 1.54) is 0 Å². The van der Waals surface area contributed by atoms with E-state index >= 15 is 0 Å². The standard InChI is InChI=1S/C12H20N2O/c1-5-12(2,3)14-10-6-9(13)7-11(8-10)15-4/h6-8,14H,5,13H2,1-4H3. The summed E-state index contributed by atoms with van der Waals surface area (Å²) in [7, 11) is 1.64. The summed E-state index contributed by atoms with van der Waals surface area (Å²) in [6.45, 7) is 6.46. The second kappa shape index (κ2) is 4.43. The van der Waals surface area contributed by atoms with Crippen molar-refractivity contribution in [1.29, 1.82) is 0 Å². The zero-order valence-electron chi connectivity index (χ0n) is 9.92. The highest BCUT2D eigenvalue weighted by atomic mass is 16.5. The fourth-order valence-electron chi connectivity index (χ4n) is 1.29. The summed E-state index contributed by atoms with van der Waals surface area (Å²) in [6, 6.07) is 5.68. The number of ether oxygens (including phenoxy) is 1. The molecule has 0 saturated heterocycles. The Labute approximate surface area is 91.6 Å². The predicted molar refractivity (Wildman–Crippen MR) is 65.4 cm³/mol. The van der Waals surface area contributed by atoms with E-state index in [4.69, 9.17) is 10.5 Å². The van der Waals surface area contributed by atoms with Gasteiger partial charge in [0.15, 0.2) is 0 Å². The molecule has 3 N–H and O–H groups in total. The van der Waals surface area contributed by atoms with Gasteiger partial charge < -0.3 is 15.8 Å². The Morgan fingerprint density at radius 2 is 2.00 bits per heavy atom. The maximum Gasteiger partial charge on any atom is 0.122 e. The van der Waals surface area contributed by atoms with Crippen LogP contribution in [0.5, 0.6) is 5.75 Å². The smallest absolute Gasteiger partial charge is 0.122 e. The molecule has 0 bridgehead atoms. The first-order chi connectivity index (χ1) is 6.96. The van der Waals surface area contributed by atoms with E-state index in [1.807, 2.05) is 18.2 Å². The lowest BCUT2D eigenvalue weighted by Gasteiger charge is -2.26. The molecular formula is C12H20N2O. The van der Waals surface area contributed by atoms with E-state index in [1.54, 1.807) is 7.11 Å². The third-order valence-corrected chi connectivity index (χ3v) is 2.53. The molecule has 3 heteroatoms. The summed E-state index contributed by atoms with van der Waals surface area (Å²) in [4.78, 5) is 0. The third kappa shape index (κ3) is 3.35. The van der Waals surface area contributed by atoms with Crippen LogP contribution in [0.3, 0.4) is 0 Å². The van der Waals surface area contributed by atoms with Crippen LogP contribution < -0.4 is 15.8 Å². The summed E-state index contributed by atoms with van der Waals surface area (Å²) in [5, 5.41) is 3.42. The van der Waals surface area contributed by atoms with E-state index < -0.39 is 0 Å². The van der Waals surface area contributed by atoms with E-state index in [-0.39, 0.29) is 5.54 Å². The summed E-state index contributed by atoms with van der Waals surface area (Å²) in [6.07, 6.45) is 1.05. The number of nitrogens with two attached hydrogens (primary N) is 1. The molecular weight excluding hydrogens is 188 g/mol. The number of benzene rings is 1. The average molecular weight is 208 g/mol. The summed E-state index contributed by atoms with van der Waals surface area (Å²) >= 11 is 0. The van der Waals surface area contributed by atoms with Crippen molar-refractivity contribution in [1.82, 2.24) is 0 Å². The van der Waals surface area contributed by atoms with Crippen LogP contribution in [-0.4, -0.2) is 12.6 Å². The van der Waals surface area contributed by atoms with Crippen LogP contribution in [0.2, 0.25) is 0 Å². The van der Waals surface area contributed by atoms with Crippen molar-refractivity contribution in [2.75, 3.05) is 18.2 Å². The van der Waals surface area contributed by atoms with Crippen LogP contribution >= 0.6 is 0 Å². The zero-order valence-corrected chi connectivity index (χ0v) is 9.92. The van der Waals surface area contributed by atoms with Crippen LogP contribution in [0.4, 0.5) is 11.4 Å². The van der Waals surface area contributed by atoms with Crippen molar-refractivity contribution in [3.8, 4) is 5.75 Å². The molecule has 0 atom stereocenters. The topological polar surface area (TPSA) is 47.3 Å². The molecule has 0 aliphatic heterocycles. The molecule has 0 radical (unpaired) electrons. The summed E-state index contributed by atoms with van der Waals surface area (Å²) in [5.41, 5.74) is 7.55. The minimum absolute atomic E-state index is 0.0683. The molecule has 1 aromatic rings. The molecule has 0 saturated carbocycles. The first-order valence-corrected chi connectivity index (χ1v) is 5.19. The van der Waals surface area contributed by atoms with Gasteiger partial charge in [-0.2, -0.15) is 0 Å². The average Bonchev–Trinajstić information content (AvgIpc) is 2.16. The lowest BCUT2D eigenvalue weighted by Crippen LogP contribution is -2.29. The monoisotopic (exact) mass is 208 g/mol. The Balaban J connectivity index is 2.90. The van der Waals surface area contributed by atoms with Crippen molar-refractivity contribution < 1.29 is 4.74 Å². The molecule has 0 spiro atoms. The fraction of sp³-hybridized carbons (Fsp3) is 0.500. The SMILES string of the molecule is CCC(C)(C)Nc1cc(N)cc(OC)c1. The third-order valence-electron chi connectivity index (χ3n) is 2.53. The summed E-state index contributed by atoms with van der Waals surface area (Å²) < 4.78 is 5.16. The van der Waals surface area contributed by atoms with Gasteiger partial charge in [0.2, 0.25) is 0 Å². The van der Waals surface area contributed by atoms with Crippen molar-refractivity contribution in [2.24, 2.45) is 0 Å². The van der Waals surface area contributed by atoms with Crippen LogP contribution in [0.25, 0.3) is 0 Å². The van der Waals surface area contributed by atoms with Crippen molar-refractivity contribution in [3.05, 3.63) is 18.2 Å². The molecule has 84 valence electrons. The van der Waals surface area contributed by atoms with Crippen LogP contribution in [-0.2, 0) is 0 Å². The van der Waals surface area contributed by atoms with Crippen molar-refractivity contribution in [3.63, 3.8) is 0 Å². The Hall–Kier alpha value is -1.38. The van der Waals surface area contributed by atoms with Crippen LogP contribution in [0, 0.1) is 0 Å². The zero-order chi connectivity index (χ0) is 11.5. The molecule has 1 aromatic carbocycles. The van der Waals surface area contributed by atoms with Crippen LogP contribution in [0.15, 0.2) is 18.2 Å². The second-order valence-corrected chi connectivity index (χ2v) is 4.36. The molecule has 0 aliphatic rings. The van der Waals surface area contributed by atoms with E-state index in [0.29, 0.717) is 5.69 Å². The number of nitrogens with one attached hydrogen (secondary N) is 1. The lowest BCUT2D eigenvalue weighted by atomic mass is 10.0. The van der Waals surface area contributed by atoms with Gasteiger partial charge in [-0.15, -0.1) is 0 Å². The van der Waals surface area contributed by atoms with E-state index in [2.05, 4.69) is 26.1 Å². The van der Waals surface area contributed by atoms with Gasteiger partial charge in [0, 0.05) is 29.0 Å². The molecule has 0 fully saturated rings. The van der Waals surface area contributed by atoms with Gasteiger partial charge in [0.1, 0.15) is 5.75 Å². The van der Waals surface area contributed by atoms with E-state index in [0.717, 1.165) is 17.9 Å². The highest BCUT2D eigenvalue weighted by molar-refractivity contribution is 5.60. The molecule has 0 unspecified atom stereocenters. The fourth-order valence-corrected chi connectivity index (χ4v) is 1.29. The van der Waals surface area contributed by atoms with Gasteiger partial charge in [0.05, 0.1) is 7.11 Å². The quantitative estimate of drug-likeness (QED) is 0.748. The van der Waals surface area contributed by atoms with Crippen molar-refractivity contribution in [2.45, 2.75) is 32.7 Å². The van der Waals surface area contributed by atoms with E-state index in [9.17, 15) is 0 Å². The van der Waals surface area contributed by atoms with Gasteiger partial charge in [0.25, 0.3) is 0 Å². The van der Waals surface area contributed by atoms with Crippen LogP contribution in [0.1, 0.15) is 27.2 Å². The molecule has 1 rings (SSSR count).